The van der Waals surface area contributed by atoms with E-state index in [2.05, 4.69) is 17.2 Å². The molecule has 2 heterocycles. The summed E-state index contributed by atoms with van der Waals surface area (Å²) in [6.45, 7) is 0.447. The van der Waals surface area contributed by atoms with Crippen molar-refractivity contribution >= 4 is 29.0 Å². The number of amides is 1. The van der Waals surface area contributed by atoms with Gasteiger partial charge in [0.05, 0.1) is 11.8 Å². The Balaban J connectivity index is 1.81. The number of aliphatic hydroxyl groups is 1. The van der Waals surface area contributed by atoms with Crippen LogP contribution in [0.1, 0.15) is 29.7 Å². The molecule has 0 radical (unpaired) electrons. The van der Waals surface area contributed by atoms with E-state index in [1.807, 2.05) is 11.4 Å². The Hall–Kier alpha value is -0.960. The molecule has 1 aliphatic rings. The van der Waals surface area contributed by atoms with Crippen LogP contribution in [-0.2, 0) is 11.3 Å². The lowest BCUT2D eigenvalue weighted by atomic mass is 10.2. The molecule has 1 atom stereocenters. The fraction of sp³-hybridized carbons (Fsp3) is 0.500. The average Bonchev–Trinajstić information content (AvgIpc) is 2.91. The van der Waals surface area contributed by atoms with Gasteiger partial charge in [-0.1, -0.05) is 18.3 Å². The minimum atomic E-state index is -0.124. The van der Waals surface area contributed by atoms with Crippen LogP contribution in [0.4, 0.5) is 0 Å². The molecule has 0 saturated carbocycles. The van der Waals surface area contributed by atoms with Crippen molar-refractivity contribution in [1.29, 1.82) is 0 Å². The van der Waals surface area contributed by atoms with Crippen LogP contribution in [0.25, 0.3) is 0 Å². The molecular weight excluding hydrogens is 278 g/mol. The minimum absolute atomic E-state index is 0.124. The predicted molar refractivity (Wildman–Crippen MR) is 80.2 cm³/mol. The Bertz CT molecular complexity index is 481. The van der Waals surface area contributed by atoms with Crippen molar-refractivity contribution in [3.05, 3.63) is 21.9 Å². The Morgan fingerprint density at radius 2 is 2.42 bits per heavy atom. The van der Waals surface area contributed by atoms with Gasteiger partial charge in [0.25, 0.3) is 0 Å². The third-order valence-electron chi connectivity index (χ3n) is 2.87. The van der Waals surface area contributed by atoms with Gasteiger partial charge in [-0.15, -0.1) is 23.1 Å². The lowest BCUT2D eigenvalue weighted by Gasteiger charge is -2.20. The van der Waals surface area contributed by atoms with Crippen molar-refractivity contribution < 1.29 is 9.90 Å². The van der Waals surface area contributed by atoms with Crippen LogP contribution in [0.2, 0.25) is 0 Å². The van der Waals surface area contributed by atoms with E-state index in [4.69, 9.17) is 5.11 Å². The number of carbonyl (C=O) groups is 1. The van der Waals surface area contributed by atoms with E-state index in [-0.39, 0.29) is 17.8 Å². The third kappa shape index (κ3) is 4.57. The number of hydrogen-bond acceptors (Lipinski definition) is 4. The highest BCUT2D eigenvalue weighted by Crippen LogP contribution is 2.25. The smallest absolute Gasteiger partial charge is 0.233 e. The quantitative estimate of drug-likeness (QED) is 0.839. The largest absolute Gasteiger partial charge is 0.384 e. The fourth-order valence-corrected chi connectivity index (χ4v) is 3.90. The van der Waals surface area contributed by atoms with Gasteiger partial charge in [0.1, 0.15) is 6.61 Å². The van der Waals surface area contributed by atoms with E-state index in [0.29, 0.717) is 6.54 Å². The molecule has 0 spiro atoms. The molecule has 5 heteroatoms. The van der Waals surface area contributed by atoms with Gasteiger partial charge < -0.3 is 10.4 Å². The van der Waals surface area contributed by atoms with Crippen LogP contribution < -0.4 is 5.32 Å². The van der Waals surface area contributed by atoms with Crippen LogP contribution in [0.5, 0.6) is 0 Å². The van der Waals surface area contributed by atoms with E-state index in [1.165, 1.54) is 6.42 Å². The van der Waals surface area contributed by atoms with E-state index < -0.39 is 0 Å². The van der Waals surface area contributed by atoms with Gasteiger partial charge in [0, 0.05) is 15.8 Å². The first-order valence-electron chi connectivity index (χ1n) is 6.36. The first kappa shape index (κ1) is 14.4. The summed E-state index contributed by atoms with van der Waals surface area (Å²) in [4.78, 5) is 13.1. The number of aliphatic hydroxyl groups excluding tert-OH is 1. The summed E-state index contributed by atoms with van der Waals surface area (Å²) in [5.41, 5.74) is 0.898. The highest BCUT2D eigenvalue weighted by atomic mass is 32.2. The molecule has 1 aliphatic heterocycles. The van der Waals surface area contributed by atoms with Gasteiger partial charge in [-0.25, -0.2) is 0 Å². The highest BCUT2D eigenvalue weighted by Gasteiger charge is 2.21. The standard InChI is InChI=1S/C14H17NO2S2/c16-6-3-4-11-8-12(19-10-11)9-15-14(17)13-5-1-2-7-18-13/h8,10,13,16H,1-2,5-7,9H2,(H,15,17). The van der Waals surface area contributed by atoms with Gasteiger partial charge in [-0.3, -0.25) is 4.79 Å². The Labute approximate surface area is 121 Å². The van der Waals surface area contributed by atoms with Crippen LogP contribution in [-0.4, -0.2) is 28.6 Å². The molecule has 1 aromatic heterocycles. The van der Waals surface area contributed by atoms with Gasteiger partial charge in [0.2, 0.25) is 5.91 Å². The highest BCUT2D eigenvalue weighted by molar-refractivity contribution is 8.00. The number of thioether (sulfide) groups is 1. The lowest BCUT2D eigenvalue weighted by molar-refractivity contribution is -0.120. The Morgan fingerprint density at radius 3 is 3.16 bits per heavy atom. The molecule has 1 amide bonds. The molecule has 1 aromatic rings. The maximum Gasteiger partial charge on any atom is 0.233 e. The third-order valence-corrected chi connectivity index (χ3v) is 5.19. The Kier molecular flexibility index (Phi) is 5.77. The zero-order valence-corrected chi connectivity index (χ0v) is 12.3. The normalized spacial score (nSPS) is 18.5. The summed E-state index contributed by atoms with van der Waals surface area (Å²) in [5, 5.41) is 13.7. The molecule has 102 valence electrons. The van der Waals surface area contributed by atoms with Crippen molar-refractivity contribution in [2.75, 3.05) is 12.4 Å². The summed E-state index contributed by atoms with van der Waals surface area (Å²) in [6, 6.07) is 1.96. The second-order valence-electron chi connectivity index (χ2n) is 4.33. The Morgan fingerprint density at radius 1 is 1.53 bits per heavy atom. The maximum absolute atomic E-state index is 12.0. The summed E-state index contributed by atoms with van der Waals surface area (Å²) in [6.07, 6.45) is 3.38. The van der Waals surface area contributed by atoms with Gasteiger partial charge in [-0.2, -0.15) is 0 Å². The van der Waals surface area contributed by atoms with Crippen molar-refractivity contribution in [3.8, 4) is 11.8 Å². The second-order valence-corrected chi connectivity index (χ2v) is 6.64. The van der Waals surface area contributed by atoms with Crippen LogP contribution >= 0.6 is 23.1 Å². The van der Waals surface area contributed by atoms with Crippen LogP contribution in [0.3, 0.4) is 0 Å². The van der Waals surface area contributed by atoms with Crippen molar-refractivity contribution in [3.63, 3.8) is 0 Å². The number of hydrogen-bond donors (Lipinski definition) is 2. The molecule has 1 fully saturated rings. The molecule has 3 nitrogen and oxygen atoms in total. The lowest BCUT2D eigenvalue weighted by Crippen LogP contribution is -2.33. The first-order chi connectivity index (χ1) is 9.29. The minimum Gasteiger partial charge on any atom is -0.384 e. The van der Waals surface area contributed by atoms with Crippen LogP contribution in [0.15, 0.2) is 11.4 Å². The first-order valence-corrected chi connectivity index (χ1v) is 8.29. The molecule has 0 bridgehead atoms. The number of thiophene rings is 1. The van der Waals surface area contributed by atoms with Crippen molar-refractivity contribution in [2.45, 2.75) is 31.1 Å². The molecule has 1 unspecified atom stereocenters. The molecule has 2 N–H and O–H groups in total. The summed E-state index contributed by atoms with van der Waals surface area (Å²) < 4.78 is 0. The molecular formula is C14H17NO2S2. The monoisotopic (exact) mass is 295 g/mol. The molecule has 19 heavy (non-hydrogen) atoms. The topological polar surface area (TPSA) is 49.3 Å². The summed E-state index contributed by atoms with van der Waals surface area (Å²) in [7, 11) is 0. The zero-order valence-electron chi connectivity index (χ0n) is 10.6. The predicted octanol–water partition coefficient (Wildman–Crippen LogP) is 1.99. The number of nitrogens with one attached hydrogen (secondary N) is 1. The summed E-state index contributed by atoms with van der Waals surface area (Å²) >= 11 is 3.35. The molecule has 2 rings (SSSR count). The average molecular weight is 295 g/mol. The maximum atomic E-state index is 12.0. The van der Waals surface area contributed by atoms with Crippen molar-refractivity contribution in [1.82, 2.24) is 5.32 Å². The van der Waals surface area contributed by atoms with Gasteiger partial charge >= 0.3 is 0 Å². The van der Waals surface area contributed by atoms with Crippen molar-refractivity contribution in [2.24, 2.45) is 0 Å². The summed E-state index contributed by atoms with van der Waals surface area (Å²) in [5.74, 6) is 6.72. The SMILES string of the molecule is O=C(NCc1cc(C#CCO)cs1)C1CCCCS1. The van der Waals surface area contributed by atoms with E-state index >= 15 is 0 Å². The zero-order chi connectivity index (χ0) is 13.5. The number of carbonyl (C=O) groups excluding carboxylic acids is 1. The number of rotatable bonds is 3. The van der Waals surface area contributed by atoms with Gasteiger partial charge in [-0.05, 0) is 24.7 Å². The van der Waals surface area contributed by atoms with Gasteiger partial charge in [0.15, 0.2) is 0 Å². The fourth-order valence-electron chi connectivity index (χ4n) is 1.92. The molecule has 0 aromatic carbocycles. The molecule has 0 aliphatic carbocycles. The van der Waals surface area contributed by atoms with E-state index in [1.54, 1.807) is 23.1 Å². The molecule has 1 saturated heterocycles. The second kappa shape index (κ2) is 7.59. The van der Waals surface area contributed by atoms with E-state index in [0.717, 1.165) is 29.0 Å². The van der Waals surface area contributed by atoms with E-state index in [9.17, 15) is 4.79 Å². The van der Waals surface area contributed by atoms with Crippen LogP contribution in [0, 0.1) is 11.8 Å².